The standard InChI is InChI=1S/C11H23ClN2O2S/c1-11(9-12)10-17(15,16)13-5-4-8-14-6-2-3-7-14/h11,13H,2-10H2,1H3. The van der Waals surface area contributed by atoms with Crippen LogP contribution in [0, 0.1) is 5.92 Å². The van der Waals surface area contributed by atoms with Crippen molar-refractivity contribution in [1.29, 1.82) is 0 Å². The third kappa shape index (κ3) is 6.60. The molecule has 0 saturated carbocycles. The zero-order chi connectivity index (χ0) is 12.7. The first-order valence-electron chi connectivity index (χ1n) is 6.29. The van der Waals surface area contributed by atoms with Crippen LogP contribution in [0.5, 0.6) is 0 Å². The summed E-state index contributed by atoms with van der Waals surface area (Å²) in [7, 11) is -3.14. The van der Waals surface area contributed by atoms with E-state index in [2.05, 4.69) is 9.62 Å². The molecule has 0 bridgehead atoms. The largest absolute Gasteiger partial charge is 0.303 e. The first-order chi connectivity index (χ1) is 8.03. The molecule has 0 aliphatic carbocycles. The van der Waals surface area contributed by atoms with Crippen molar-refractivity contribution in [2.45, 2.75) is 26.2 Å². The molecule has 1 aliphatic heterocycles. The molecule has 1 atom stereocenters. The van der Waals surface area contributed by atoms with Gasteiger partial charge in [0.15, 0.2) is 0 Å². The predicted molar refractivity (Wildman–Crippen MR) is 72.0 cm³/mol. The van der Waals surface area contributed by atoms with E-state index in [0.717, 1.165) is 26.1 Å². The van der Waals surface area contributed by atoms with E-state index in [-0.39, 0.29) is 11.7 Å². The van der Waals surface area contributed by atoms with Crippen LogP contribution in [0.4, 0.5) is 0 Å². The van der Waals surface area contributed by atoms with Gasteiger partial charge in [0.2, 0.25) is 10.0 Å². The van der Waals surface area contributed by atoms with Crippen LogP contribution in [0.25, 0.3) is 0 Å². The summed E-state index contributed by atoms with van der Waals surface area (Å²) in [6.07, 6.45) is 3.44. The van der Waals surface area contributed by atoms with E-state index in [1.807, 2.05) is 6.92 Å². The van der Waals surface area contributed by atoms with Crippen molar-refractivity contribution < 1.29 is 8.42 Å². The lowest BCUT2D eigenvalue weighted by Gasteiger charge is -2.15. The minimum atomic E-state index is -3.14. The van der Waals surface area contributed by atoms with E-state index < -0.39 is 10.0 Å². The molecule has 0 aromatic heterocycles. The van der Waals surface area contributed by atoms with E-state index >= 15 is 0 Å². The molecule has 1 N–H and O–H groups in total. The summed E-state index contributed by atoms with van der Waals surface area (Å²) < 4.78 is 25.9. The maximum Gasteiger partial charge on any atom is 0.211 e. The van der Waals surface area contributed by atoms with Gasteiger partial charge < -0.3 is 4.90 Å². The second kappa shape index (κ2) is 7.56. The summed E-state index contributed by atoms with van der Waals surface area (Å²) in [4.78, 5) is 2.38. The molecular weight excluding hydrogens is 260 g/mol. The molecule has 1 fully saturated rings. The van der Waals surface area contributed by atoms with Gasteiger partial charge in [-0.15, -0.1) is 11.6 Å². The molecule has 0 radical (unpaired) electrons. The molecule has 6 heteroatoms. The van der Waals surface area contributed by atoms with Crippen LogP contribution in [0.3, 0.4) is 0 Å². The Hall–Kier alpha value is 0.160. The van der Waals surface area contributed by atoms with E-state index in [9.17, 15) is 8.42 Å². The van der Waals surface area contributed by atoms with Gasteiger partial charge in [0.25, 0.3) is 0 Å². The number of hydrogen-bond acceptors (Lipinski definition) is 3. The quantitative estimate of drug-likeness (QED) is 0.539. The Labute approximate surface area is 110 Å². The number of sulfonamides is 1. The van der Waals surface area contributed by atoms with Crippen molar-refractivity contribution in [3.63, 3.8) is 0 Å². The fourth-order valence-corrected chi connectivity index (χ4v) is 3.69. The molecule has 1 unspecified atom stereocenters. The van der Waals surface area contributed by atoms with Crippen LogP contribution in [-0.2, 0) is 10.0 Å². The number of nitrogens with one attached hydrogen (secondary N) is 1. The smallest absolute Gasteiger partial charge is 0.211 e. The van der Waals surface area contributed by atoms with Crippen molar-refractivity contribution in [2.24, 2.45) is 5.92 Å². The highest BCUT2D eigenvalue weighted by Gasteiger charge is 2.15. The molecule has 0 amide bonds. The summed E-state index contributed by atoms with van der Waals surface area (Å²) in [6, 6.07) is 0. The van der Waals surface area contributed by atoms with Crippen LogP contribution in [-0.4, -0.2) is 51.1 Å². The van der Waals surface area contributed by atoms with Crippen molar-refractivity contribution in [3.8, 4) is 0 Å². The van der Waals surface area contributed by atoms with Crippen LogP contribution in [0.15, 0.2) is 0 Å². The van der Waals surface area contributed by atoms with E-state index in [4.69, 9.17) is 11.6 Å². The first-order valence-corrected chi connectivity index (χ1v) is 8.48. The molecule has 17 heavy (non-hydrogen) atoms. The van der Waals surface area contributed by atoms with E-state index in [1.165, 1.54) is 12.8 Å². The molecule has 4 nitrogen and oxygen atoms in total. The fourth-order valence-electron chi connectivity index (χ4n) is 2.01. The molecule has 102 valence electrons. The maximum absolute atomic E-state index is 11.6. The summed E-state index contributed by atoms with van der Waals surface area (Å²) >= 11 is 5.61. The molecule has 0 spiro atoms. The minimum Gasteiger partial charge on any atom is -0.303 e. The molecule has 1 rings (SSSR count). The Kier molecular flexibility index (Phi) is 6.77. The normalized spacial score (nSPS) is 19.6. The Morgan fingerprint density at radius 2 is 2.00 bits per heavy atom. The van der Waals surface area contributed by atoms with Gasteiger partial charge in [-0.05, 0) is 44.8 Å². The Bertz CT molecular complexity index is 303. The van der Waals surface area contributed by atoms with Crippen LogP contribution in [0.1, 0.15) is 26.2 Å². The maximum atomic E-state index is 11.6. The van der Waals surface area contributed by atoms with Crippen LogP contribution in [0.2, 0.25) is 0 Å². The van der Waals surface area contributed by atoms with Crippen LogP contribution < -0.4 is 4.72 Å². The first kappa shape index (κ1) is 15.2. The minimum absolute atomic E-state index is 0.00717. The number of nitrogens with zero attached hydrogens (tertiary/aromatic N) is 1. The van der Waals surface area contributed by atoms with E-state index in [0.29, 0.717) is 12.4 Å². The van der Waals surface area contributed by atoms with Crippen molar-refractivity contribution >= 4 is 21.6 Å². The average Bonchev–Trinajstić information content (AvgIpc) is 2.76. The lowest BCUT2D eigenvalue weighted by molar-refractivity contribution is 0.334. The summed E-state index contributed by atoms with van der Waals surface area (Å²) in [5.41, 5.74) is 0. The Morgan fingerprint density at radius 1 is 1.35 bits per heavy atom. The van der Waals surface area contributed by atoms with Gasteiger partial charge in [-0.25, -0.2) is 13.1 Å². The highest BCUT2D eigenvalue weighted by Crippen LogP contribution is 2.07. The van der Waals surface area contributed by atoms with Gasteiger partial charge in [0.1, 0.15) is 0 Å². The highest BCUT2D eigenvalue weighted by atomic mass is 35.5. The zero-order valence-corrected chi connectivity index (χ0v) is 12.1. The lowest BCUT2D eigenvalue weighted by atomic mass is 10.3. The van der Waals surface area contributed by atoms with Gasteiger partial charge in [0, 0.05) is 12.4 Å². The second-order valence-corrected chi connectivity index (χ2v) is 7.00. The number of rotatable bonds is 8. The number of likely N-dealkylation sites (tertiary alicyclic amines) is 1. The SMILES string of the molecule is CC(CCl)CS(=O)(=O)NCCCN1CCCC1. The van der Waals surface area contributed by atoms with Gasteiger partial charge >= 0.3 is 0 Å². The van der Waals surface area contributed by atoms with Gasteiger partial charge in [-0.1, -0.05) is 6.92 Å². The fraction of sp³-hybridized carbons (Fsp3) is 1.00. The third-order valence-electron chi connectivity index (χ3n) is 2.94. The number of alkyl halides is 1. The second-order valence-electron chi connectivity index (χ2n) is 4.84. The number of hydrogen-bond donors (Lipinski definition) is 1. The predicted octanol–water partition coefficient (Wildman–Crippen LogP) is 1.27. The number of halogens is 1. The third-order valence-corrected chi connectivity index (χ3v) is 5.12. The molecular formula is C11H23ClN2O2S. The Morgan fingerprint density at radius 3 is 2.59 bits per heavy atom. The van der Waals surface area contributed by atoms with Gasteiger partial charge in [-0.2, -0.15) is 0 Å². The summed E-state index contributed by atoms with van der Waals surface area (Å²) in [5.74, 6) is 0.516. The molecule has 1 saturated heterocycles. The monoisotopic (exact) mass is 282 g/mol. The summed E-state index contributed by atoms with van der Waals surface area (Å²) in [6.45, 7) is 5.70. The topological polar surface area (TPSA) is 49.4 Å². The molecule has 0 aromatic carbocycles. The lowest BCUT2D eigenvalue weighted by Crippen LogP contribution is -2.32. The Balaban J connectivity index is 2.12. The van der Waals surface area contributed by atoms with Crippen LogP contribution >= 0.6 is 11.6 Å². The zero-order valence-electron chi connectivity index (χ0n) is 10.5. The summed E-state index contributed by atoms with van der Waals surface area (Å²) in [5, 5.41) is 0. The molecule has 1 heterocycles. The van der Waals surface area contributed by atoms with Crippen molar-refractivity contribution in [3.05, 3.63) is 0 Å². The van der Waals surface area contributed by atoms with Gasteiger partial charge in [0.05, 0.1) is 5.75 Å². The van der Waals surface area contributed by atoms with Gasteiger partial charge in [-0.3, -0.25) is 0 Å². The van der Waals surface area contributed by atoms with Crippen molar-refractivity contribution in [2.75, 3.05) is 37.8 Å². The highest BCUT2D eigenvalue weighted by molar-refractivity contribution is 7.89. The van der Waals surface area contributed by atoms with Crippen molar-refractivity contribution in [1.82, 2.24) is 9.62 Å². The molecule has 1 aliphatic rings. The molecule has 0 aromatic rings. The van der Waals surface area contributed by atoms with E-state index in [1.54, 1.807) is 0 Å². The average molecular weight is 283 g/mol.